The molecule has 5 nitrogen and oxygen atoms in total. The monoisotopic (exact) mass is 224 g/mol. The third kappa shape index (κ3) is 2.70. The number of aromatic nitrogens is 1. The summed E-state index contributed by atoms with van der Waals surface area (Å²) in [6.45, 7) is 4.28. The predicted octanol–water partition coefficient (Wildman–Crippen LogP) is 0.987. The Bertz CT molecular complexity index is 366. The van der Waals surface area contributed by atoms with E-state index < -0.39 is 5.97 Å². The van der Waals surface area contributed by atoms with Crippen LogP contribution in [0, 0.1) is 0 Å². The number of hydrogen-bond acceptors (Lipinski definition) is 4. The predicted molar refractivity (Wildman–Crippen MR) is 60.8 cm³/mol. The summed E-state index contributed by atoms with van der Waals surface area (Å²) in [4.78, 5) is 16.7. The van der Waals surface area contributed by atoms with Gasteiger partial charge in [0.1, 0.15) is 5.56 Å². The van der Waals surface area contributed by atoms with Crippen molar-refractivity contribution in [2.24, 2.45) is 0 Å². The van der Waals surface area contributed by atoms with Gasteiger partial charge in [-0.25, -0.2) is 4.79 Å². The van der Waals surface area contributed by atoms with Crippen LogP contribution in [0.2, 0.25) is 0 Å². The van der Waals surface area contributed by atoms with Crippen LogP contribution in [0.5, 0.6) is 0 Å². The lowest BCUT2D eigenvalue weighted by Crippen LogP contribution is -2.34. The Balaban J connectivity index is 3.12. The fourth-order valence-corrected chi connectivity index (χ4v) is 1.57. The Morgan fingerprint density at radius 1 is 1.56 bits per heavy atom. The van der Waals surface area contributed by atoms with Gasteiger partial charge in [0.2, 0.25) is 0 Å². The molecule has 2 N–H and O–H groups in total. The largest absolute Gasteiger partial charge is 0.478 e. The lowest BCUT2D eigenvalue weighted by Gasteiger charge is -2.29. The molecule has 1 aromatic rings. The van der Waals surface area contributed by atoms with Gasteiger partial charge in [0, 0.05) is 25.0 Å². The van der Waals surface area contributed by atoms with Crippen molar-refractivity contribution < 1.29 is 15.0 Å². The number of hydrogen-bond donors (Lipinski definition) is 2. The molecule has 88 valence electrons. The number of rotatable bonds is 5. The molecule has 0 atom stereocenters. The third-order valence-corrected chi connectivity index (χ3v) is 2.30. The van der Waals surface area contributed by atoms with Gasteiger partial charge in [0.25, 0.3) is 0 Å². The summed E-state index contributed by atoms with van der Waals surface area (Å²) in [6.07, 6.45) is 2.87. The highest BCUT2D eigenvalue weighted by Crippen LogP contribution is 2.21. The number of aromatic carboxylic acids is 1. The summed E-state index contributed by atoms with van der Waals surface area (Å²) in [6, 6.07) is 1.77. The molecule has 5 heteroatoms. The Morgan fingerprint density at radius 3 is 2.75 bits per heavy atom. The van der Waals surface area contributed by atoms with Crippen LogP contribution in [0.4, 0.5) is 5.69 Å². The molecule has 0 aliphatic carbocycles. The van der Waals surface area contributed by atoms with E-state index in [0.29, 0.717) is 12.2 Å². The molecular weight excluding hydrogens is 208 g/mol. The number of pyridine rings is 1. The third-order valence-electron chi connectivity index (χ3n) is 2.30. The lowest BCUT2D eigenvalue weighted by molar-refractivity contribution is 0.0697. The van der Waals surface area contributed by atoms with Crippen molar-refractivity contribution in [2.45, 2.75) is 19.9 Å². The minimum absolute atomic E-state index is 0.0143. The van der Waals surface area contributed by atoms with E-state index in [1.807, 2.05) is 18.7 Å². The summed E-state index contributed by atoms with van der Waals surface area (Å²) in [7, 11) is 0. The van der Waals surface area contributed by atoms with Crippen molar-refractivity contribution in [3.05, 3.63) is 24.0 Å². The number of carboxylic acid groups (broad SMARTS) is 1. The zero-order valence-corrected chi connectivity index (χ0v) is 9.42. The van der Waals surface area contributed by atoms with Crippen molar-refractivity contribution in [1.29, 1.82) is 0 Å². The summed E-state index contributed by atoms with van der Waals surface area (Å²) >= 11 is 0. The SMILES string of the molecule is CC(C)N(CCO)c1ccncc1C(=O)O. The quantitative estimate of drug-likeness (QED) is 0.780. The Labute approximate surface area is 94.4 Å². The van der Waals surface area contributed by atoms with E-state index >= 15 is 0 Å². The molecular formula is C11H16N2O3. The zero-order chi connectivity index (χ0) is 12.1. The van der Waals surface area contributed by atoms with Crippen LogP contribution in [0.3, 0.4) is 0 Å². The van der Waals surface area contributed by atoms with Crippen molar-refractivity contribution in [1.82, 2.24) is 4.98 Å². The second kappa shape index (κ2) is 5.46. The van der Waals surface area contributed by atoms with Crippen LogP contribution in [-0.4, -0.2) is 40.4 Å². The second-order valence-corrected chi connectivity index (χ2v) is 3.71. The number of carbonyl (C=O) groups is 1. The highest BCUT2D eigenvalue weighted by molar-refractivity contribution is 5.94. The van der Waals surface area contributed by atoms with Gasteiger partial charge in [0.15, 0.2) is 0 Å². The van der Waals surface area contributed by atoms with Crippen molar-refractivity contribution in [2.75, 3.05) is 18.1 Å². The van der Waals surface area contributed by atoms with E-state index in [4.69, 9.17) is 10.2 Å². The van der Waals surface area contributed by atoms with Crippen LogP contribution in [0.15, 0.2) is 18.5 Å². The topological polar surface area (TPSA) is 73.7 Å². The molecule has 0 saturated heterocycles. The van der Waals surface area contributed by atoms with Crippen LogP contribution < -0.4 is 4.90 Å². The van der Waals surface area contributed by atoms with E-state index in [-0.39, 0.29) is 18.2 Å². The highest BCUT2D eigenvalue weighted by atomic mass is 16.4. The van der Waals surface area contributed by atoms with Crippen LogP contribution in [-0.2, 0) is 0 Å². The van der Waals surface area contributed by atoms with Crippen LogP contribution in [0.25, 0.3) is 0 Å². The van der Waals surface area contributed by atoms with Gasteiger partial charge < -0.3 is 15.1 Å². The van der Waals surface area contributed by atoms with Crippen LogP contribution in [0.1, 0.15) is 24.2 Å². The molecule has 0 saturated carbocycles. The zero-order valence-electron chi connectivity index (χ0n) is 9.42. The molecule has 0 aliphatic rings. The minimum Gasteiger partial charge on any atom is -0.478 e. The maximum Gasteiger partial charge on any atom is 0.339 e. The molecule has 0 unspecified atom stereocenters. The summed E-state index contributed by atoms with van der Waals surface area (Å²) in [5, 5.41) is 18.0. The fraction of sp³-hybridized carbons (Fsp3) is 0.455. The normalized spacial score (nSPS) is 10.5. The molecule has 0 spiro atoms. The molecule has 1 rings (SSSR count). The van der Waals surface area contributed by atoms with Gasteiger partial charge in [-0.2, -0.15) is 0 Å². The van der Waals surface area contributed by atoms with Gasteiger partial charge in [-0.15, -0.1) is 0 Å². The summed E-state index contributed by atoms with van der Waals surface area (Å²) in [5.74, 6) is -1.01. The molecule has 1 aromatic heterocycles. The molecule has 0 radical (unpaired) electrons. The first-order valence-corrected chi connectivity index (χ1v) is 5.12. The average Bonchev–Trinajstić information content (AvgIpc) is 2.25. The standard InChI is InChI=1S/C11H16N2O3/c1-8(2)13(5-6-14)10-3-4-12-7-9(10)11(15)16/h3-4,7-8,14H,5-6H2,1-2H3,(H,15,16). The number of nitrogens with zero attached hydrogens (tertiary/aromatic N) is 2. The molecule has 0 aromatic carbocycles. The highest BCUT2D eigenvalue weighted by Gasteiger charge is 2.17. The first kappa shape index (κ1) is 12.4. The van der Waals surface area contributed by atoms with E-state index in [1.54, 1.807) is 12.3 Å². The summed E-state index contributed by atoms with van der Waals surface area (Å²) < 4.78 is 0. The molecule has 1 heterocycles. The van der Waals surface area contributed by atoms with Gasteiger partial charge in [-0.3, -0.25) is 4.98 Å². The molecule has 0 aliphatic heterocycles. The van der Waals surface area contributed by atoms with Crippen LogP contribution >= 0.6 is 0 Å². The first-order chi connectivity index (χ1) is 7.57. The lowest BCUT2D eigenvalue weighted by atomic mass is 10.2. The number of anilines is 1. The Hall–Kier alpha value is -1.62. The van der Waals surface area contributed by atoms with Crippen molar-refractivity contribution >= 4 is 11.7 Å². The Morgan fingerprint density at radius 2 is 2.25 bits per heavy atom. The minimum atomic E-state index is -1.01. The summed E-state index contributed by atoms with van der Waals surface area (Å²) in [5.41, 5.74) is 0.746. The van der Waals surface area contributed by atoms with E-state index in [0.717, 1.165) is 0 Å². The van der Waals surface area contributed by atoms with E-state index in [1.165, 1.54) is 6.20 Å². The smallest absolute Gasteiger partial charge is 0.339 e. The Kier molecular flexibility index (Phi) is 4.25. The molecule has 16 heavy (non-hydrogen) atoms. The maximum atomic E-state index is 11.0. The first-order valence-electron chi connectivity index (χ1n) is 5.12. The fourth-order valence-electron chi connectivity index (χ4n) is 1.57. The van der Waals surface area contributed by atoms with E-state index in [2.05, 4.69) is 4.98 Å². The van der Waals surface area contributed by atoms with Gasteiger partial charge >= 0.3 is 5.97 Å². The number of aliphatic hydroxyl groups excluding tert-OH is 1. The van der Waals surface area contributed by atoms with Gasteiger partial charge in [0.05, 0.1) is 12.3 Å². The molecule has 0 amide bonds. The average molecular weight is 224 g/mol. The van der Waals surface area contributed by atoms with Gasteiger partial charge in [-0.1, -0.05) is 0 Å². The van der Waals surface area contributed by atoms with Crippen molar-refractivity contribution in [3.63, 3.8) is 0 Å². The second-order valence-electron chi connectivity index (χ2n) is 3.71. The number of aliphatic hydroxyl groups is 1. The molecule has 0 bridgehead atoms. The van der Waals surface area contributed by atoms with Gasteiger partial charge in [-0.05, 0) is 19.9 Å². The van der Waals surface area contributed by atoms with E-state index in [9.17, 15) is 4.79 Å². The number of carboxylic acids is 1. The molecule has 0 fully saturated rings. The van der Waals surface area contributed by atoms with Crippen molar-refractivity contribution in [3.8, 4) is 0 Å². The maximum absolute atomic E-state index is 11.0.